The number of nitrogens with one attached hydrogen (secondary N) is 3. The van der Waals surface area contributed by atoms with Gasteiger partial charge >= 0.3 is 5.97 Å². The van der Waals surface area contributed by atoms with Crippen LogP contribution in [0.4, 0.5) is 0 Å². The topological polar surface area (TPSA) is 205 Å². The van der Waals surface area contributed by atoms with Crippen LogP contribution in [0.3, 0.4) is 0 Å². The summed E-state index contributed by atoms with van der Waals surface area (Å²) in [6.07, 6.45) is 2.22. The summed E-state index contributed by atoms with van der Waals surface area (Å²) in [7, 11) is 0. The molecule has 2 aliphatic rings. The van der Waals surface area contributed by atoms with Gasteiger partial charge in [-0.25, -0.2) is 4.79 Å². The van der Waals surface area contributed by atoms with E-state index in [4.69, 9.17) is 4.74 Å². The van der Waals surface area contributed by atoms with Gasteiger partial charge in [0.05, 0.1) is 11.6 Å². The number of H-pyrrole nitrogens is 1. The van der Waals surface area contributed by atoms with Gasteiger partial charge < -0.3 is 45.7 Å². The molecule has 5 aromatic carbocycles. The summed E-state index contributed by atoms with van der Waals surface area (Å²) in [5.74, 6) is -1.47. The molecule has 0 bridgehead atoms. The zero-order chi connectivity index (χ0) is 46.2. The fourth-order valence-corrected chi connectivity index (χ4v) is 9.15. The van der Waals surface area contributed by atoms with Gasteiger partial charge in [-0.1, -0.05) is 84.9 Å². The Bertz CT molecular complexity index is 2720. The number of carboxylic acid groups (broad SMARTS) is 1. The molecule has 3 atom stereocenters. The first-order valence-corrected chi connectivity index (χ1v) is 22.4. The standard InChI is InChI=1S/C52H55N5O9/c58-45-19-17-42(43-18-20-47(60)55-49(43)45)46(59)30-53-29-35-13-15-37(16-14-35)50(62)54-40-23-26-57(32-40)48(61)33-66-41-11-6-10-39(28-41)52(65,51(63)64)44-12-5-4-9-38(44)27-34-21-24-56(25-22-34)31-36-7-2-1-3-8-36/h1-20,28,34,40,46,53,58-59,65H,21-27,29-33H2,(H,54,62)(H,55,60)(H,63,64)/t40-,46+,52+/m1/s1. The third-order valence-corrected chi connectivity index (χ3v) is 12.8. The highest BCUT2D eigenvalue weighted by atomic mass is 16.5. The average molecular weight is 894 g/mol. The van der Waals surface area contributed by atoms with Crippen molar-refractivity contribution in [1.82, 2.24) is 25.4 Å². The molecule has 0 saturated carbocycles. The van der Waals surface area contributed by atoms with Gasteiger partial charge in [0.15, 0.2) is 6.61 Å². The third-order valence-electron chi connectivity index (χ3n) is 12.8. The number of pyridine rings is 1. The molecule has 14 nitrogen and oxygen atoms in total. The van der Waals surface area contributed by atoms with Crippen LogP contribution in [0.5, 0.6) is 11.5 Å². The zero-order valence-electron chi connectivity index (χ0n) is 36.6. The Labute approximate surface area is 382 Å². The number of rotatable bonds is 17. The van der Waals surface area contributed by atoms with E-state index in [1.165, 1.54) is 23.8 Å². The molecule has 7 N–H and O–H groups in total. The van der Waals surface area contributed by atoms with Crippen molar-refractivity contribution in [3.05, 3.63) is 177 Å². The monoisotopic (exact) mass is 893 g/mol. The number of aromatic amines is 1. The van der Waals surface area contributed by atoms with Crippen LogP contribution in [0.15, 0.2) is 132 Å². The lowest BCUT2D eigenvalue weighted by Gasteiger charge is -2.33. The minimum Gasteiger partial charge on any atom is -0.506 e. The number of aliphatic hydroxyl groups excluding tert-OH is 1. The number of aromatic nitrogens is 1. The largest absolute Gasteiger partial charge is 0.506 e. The third kappa shape index (κ3) is 10.6. The number of benzene rings is 5. The minimum atomic E-state index is -2.36. The number of hydrogen-bond acceptors (Lipinski definition) is 10. The lowest BCUT2D eigenvalue weighted by molar-refractivity contribution is -0.155. The van der Waals surface area contributed by atoms with Crippen molar-refractivity contribution in [2.75, 3.05) is 39.3 Å². The Balaban J connectivity index is 0.806. The number of carbonyl (C=O) groups is 3. The molecule has 3 heterocycles. The molecule has 8 rings (SSSR count). The molecule has 0 unspecified atom stereocenters. The number of nitrogens with zero attached hydrogens (tertiary/aromatic N) is 2. The molecule has 2 amide bonds. The number of aliphatic hydroxyl groups is 2. The number of carboxylic acids is 1. The summed E-state index contributed by atoms with van der Waals surface area (Å²) in [4.78, 5) is 57.9. The number of phenols is 1. The number of fused-ring (bicyclic) bond motifs is 1. The summed E-state index contributed by atoms with van der Waals surface area (Å²) in [6, 6.07) is 36.6. The molecule has 0 aliphatic carbocycles. The van der Waals surface area contributed by atoms with Crippen LogP contribution in [0.25, 0.3) is 10.9 Å². The van der Waals surface area contributed by atoms with E-state index in [-0.39, 0.29) is 59.1 Å². The van der Waals surface area contributed by atoms with Crippen LogP contribution >= 0.6 is 0 Å². The molecule has 66 heavy (non-hydrogen) atoms. The smallest absolute Gasteiger partial charge is 0.345 e. The molecule has 2 aliphatic heterocycles. The van der Waals surface area contributed by atoms with Gasteiger partial charge in [0.2, 0.25) is 11.2 Å². The maximum atomic E-state index is 13.3. The van der Waals surface area contributed by atoms with E-state index in [9.17, 15) is 39.6 Å². The molecular weight excluding hydrogens is 839 g/mol. The van der Waals surface area contributed by atoms with Crippen molar-refractivity contribution in [3.8, 4) is 11.5 Å². The van der Waals surface area contributed by atoms with E-state index < -0.39 is 17.7 Å². The van der Waals surface area contributed by atoms with Crippen LogP contribution in [0.1, 0.15) is 69.1 Å². The van der Waals surface area contributed by atoms with Crippen LogP contribution in [0.2, 0.25) is 0 Å². The van der Waals surface area contributed by atoms with E-state index in [0.717, 1.165) is 43.6 Å². The van der Waals surface area contributed by atoms with Gasteiger partial charge in [-0.15, -0.1) is 0 Å². The van der Waals surface area contributed by atoms with E-state index in [2.05, 4.69) is 44.8 Å². The molecule has 0 radical (unpaired) electrons. The number of phenolic OH excluding ortho intramolecular Hbond substituents is 1. The minimum absolute atomic E-state index is 0.0793. The fraction of sp³-hybridized carbons (Fsp3) is 0.308. The molecule has 2 fully saturated rings. The van der Waals surface area contributed by atoms with Crippen molar-refractivity contribution in [2.45, 2.75) is 56.5 Å². The second-order valence-corrected chi connectivity index (χ2v) is 17.3. The van der Waals surface area contributed by atoms with E-state index in [1.807, 2.05) is 30.3 Å². The summed E-state index contributed by atoms with van der Waals surface area (Å²) >= 11 is 0. The van der Waals surface area contributed by atoms with Crippen LogP contribution in [-0.2, 0) is 34.7 Å². The quantitative estimate of drug-likeness (QED) is 0.0631. The second-order valence-electron chi connectivity index (χ2n) is 17.3. The summed E-state index contributed by atoms with van der Waals surface area (Å²) < 4.78 is 5.89. The maximum absolute atomic E-state index is 13.3. The molecule has 2 saturated heterocycles. The number of aromatic hydroxyl groups is 1. The number of aliphatic carboxylic acids is 1. The Kier molecular flexibility index (Phi) is 14.2. The molecule has 14 heteroatoms. The van der Waals surface area contributed by atoms with E-state index in [0.29, 0.717) is 60.5 Å². The second kappa shape index (κ2) is 20.6. The highest BCUT2D eigenvalue weighted by Crippen LogP contribution is 2.36. The van der Waals surface area contributed by atoms with Gasteiger partial charge in [-0.05, 0) is 103 Å². The first kappa shape index (κ1) is 45.7. The number of likely N-dealkylation sites (tertiary alicyclic amines) is 2. The number of ether oxygens (including phenoxy) is 1. The van der Waals surface area contributed by atoms with E-state index in [1.54, 1.807) is 59.5 Å². The molecule has 0 spiro atoms. The number of piperidine rings is 1. The van der Waals surface area contributed by atoms with Crippen LogP contribution < -0.4 is 20.9 Å². The maximum Gasteiger partial charge on any atom is 0.345 e. The Morgan fingerprint density at radius 3 is 2.36 bits per heavy atom. The Morgan fingerprint density at radius 1 is 0.833 bits per heavy atom. The van der Waals surface area contributed by atoms with Crippen LogP contribution in [0, 0.1) is 5.92 Å². The number of hydrogen-bond donors (Lipinski definition) is 7. The Hall–Kier alpha value is -6.84. The van der Waals surface area contributed by atoms with Crippen molar-refractivity contribution in [2.24, 2.45) is 5.92 Å². The van der Waals surface area contributed by atoms with Crippen molar-refractivity contribution in [1.29, 1.82) is 0 Å². The van der Waals surface area contributed by atoms with Crippen molar-refractivity contribution >= 4 is 28.7 Å². The summed E-state index contributed by atoms with van der Waals surface area (Å²) in [6.45, 7) is 3.81. The highest BCUT2D eigenvalue weighted by molar-refractivity contribution is 5.94. The van der Waals surface area contributed by atoms with Crippen molar-refractivity contribution < 1.29 is 39.5 Å². The lowest BCUT2D eigenvalue weighted by atomic mass is 9.80. The molecule has 342 valence electrons. The van der Waals surface area contributed by atoms with Gasteiger partial charge in [0, 0.05) is 66.9 Å². The number of carbonyl (C=O) groups excluding carboxylic acids is 2. The van der Waals surface area contributed by atoms with Crippen LogP contribution in [-0.4, -0.2) is 98.4 Å². The summed E-state index contributed by atoms with van der Waals surface area (Å²) in [5, 5.41) is 50.4. The zero-order valence-corrected chi connectivity index (χ0v) is 36.6. The first-order valence-electron chi connectivity index (χ1n) is 22.4. The first-order chi connectivity index (χ1) is 31.9. The van der Waals surface area contributed by atoms with Gasteiger partial charge in [0.1, 0.15) is 11.5 Å². The van der Waals surface area contributed by atoms with Gasteiger partial charge in [-0.2, -0.15) is 0 Å². The average Bonchev–Trinajstić information content (AvgIpc) is 3.80. The molecule has 1 aromatic heterocycles. The molecule has 6 aromatic rings. The van der Waals surface area contributed by atoms with Gasteiger partial charge in [-0.3, -0.25) is 19.3 Å². The van der Waals surface area contributed by atoms with Crippen molar-refractivity contribution in [3.63, 3.8) is 0 Å². The number of amides is 2. The molecular formula is C52H55N5O9. The SMILES string of the molecule is O=C(N[C@@H]1CCN(C(=O)COc2cccc([C@@](O)(C(=O)O)c3ccccc3CC3CCN(Cc4ccccc4)CC3)c2)C1)c1ccc(CNC[C@H](O)c2ccc(O)c3[nH]c(=O)ccc23)cc1. The predicted molar refractivity (Wildman–Crippen MR) is 249 cm³/mol. The van der Waals surface area contributed by atoms with Gasteiger partial charge in [0.25, 0.3) is 11.8 Å². The highest BCUT2D eigenvalue weighted by Gasteiger charge is 2.42. The van der Waals surface area contributed by atoms with E-state index >= 15 is 0 Å². The predicted octanol–water partition coefficient (Wildman–Crippen LogP) is 5.24. The Morgan fingerprint density at radius 2 is 1.59 bits per heavy atom. The summed E-state index contributed by atoms with van der Waals surface area (Å²) in [5.41, 5.74) is 1.96. The lowest BCUT2D eigenvalue weighted by Crippen LogP contribution is -2.39. The fourth-order valence-electron chi connectivity index (χ4n) is 9.15. The normalized spacial score (nSPS) is 17.0.